The van der Waals surface area contributed by atoms with E-state index < -0.39 is 0 Å². The predicted octanol–water partition coefficient (Wildman–Crippen LogP) is 0.379. The Bertz CT molecular complexity index is 290. The molecule has 0 aromatic heterocycles. The number of amides is 2. The monoisotopic (exact) mass is 210 g/mol. The summed E-state index contributed by atoms with van der Waals surface area (Å²) in [6.45, 7) is 5.38. The third-order valence-electron chi connectivity index (χ3n) is 3.40. The molecule has 3 atom stereocenters. The summed E-state index contributed by atoms with van der Waals surface area (Å²) in [5, 5.41) is 2.70. The third-order valence-corrected chi connectivity index (χ3v) is 3.40. The maximum Gasteiger partial charge on any atom is 0.244 e. The lowest BCUT2D eigenvalue weighted by molar-refractivity contribution is -0.133. The molecule has 1 N–H and O–H groups in total. The molecule has 1 aliphatic carbocycles. The van der Waals surface area contributed by atoms with Gasteiger partial charge in [0.1, 0.15) is 6.04 Å². The molecular formula is C11H18N2O2. The van der Waals surface area contributed by atoms with Crippen LogP contribution in [0.5, 0.6) is 0 Å². The Morgan fingerprint density at radius 2 is 2.07 bits per heavy atom. The molecule has 0 aromatic carbocycles. The quantitative estimate of drug-likeness (QED) is 0.716. The van der Waals surface area contributed by atoms with Gasteiger partial charge in [0.15, 0.2) is 0 Å². The number of carbonyl (C=O) groups excluding carboxylic acids is 2. The van der Waals surface area contributed by atoms with Crippen molar-refractivity contribution in [2.24, 2.45) is 11.8 Å². The molecule has 4 nitrogen and oxygen atoms in total. The molecule has 1 saturated carbocycles. The minimum Gasteiger partial charge on any atom is -0.345 e. The zero-order valence-electron chi connectivity index (χ0n) is 9.32. The summed E-state index contributed by atoms with van der Waals surface area (Å²) in [4.78, 5) is 25.0. The molecule has 1 heterocycles. The van der Waals surface area contributed by atoms with Crippen LogP contribution >= 0.6 is 0 Å². The summed E-state index contributed by atoms with van der Waals surface area (Å²) in [5.74, 6) is 1.47. The summed E-state index contributed by atoms with van der Waals surface area (Å²) in [6.07, 6.45) is 1.66. The number of hydrogen-bond acceptors (Lipinski definition) is 2. The van der Waals surface area contributed by atoms with Gasteiger partial charge in [0.25, 0.3) is 0 Å². The molecule has 1 aliphatic heterocycles. The van der Waals surface area contributed by atoms with E-state index in [1.54, 1.807) is 6.92 Å². The average molecular weight is 210 g/mol. The van der Waals surface area contributed by atoms with E-state index in [9.17, 15) is 9.59 Å². The fourth-order valence-electron chi connectivity index (χ4n) is 2.11. The summed E-state index contributed by atoms with van der Waals surface area (Å²) in [5.41, 5.74) is 0. The standard InChI is InChI=1S/C11H18N2O2/c1-7-5-9(7)6-13-4-3-10(14)12-8(2)11(13)15/h7-9H,3-6H2,1-2H3,(H,12,14). The van der Waals surface area contributed by atoms with Crippen LogP contribution in [0.25, 0.3) is 0 Å². The van der Waals surface area contributed by atoms with Gasteiger partial charge in [-0.25, -0.2) is 0 Å². The third kappa shape index (κ3) is 2.30. The normalized spacial score (nSPS) is 36.1. The minimum atomic E-state index is -0.353. The lowest BCUT2D eigenvalue weighted by atomic mass is 10.2. The molecule has 4 heteroatoms. The molecule has 2 amide bonds. The maximum atomic E-state index is 11.9. The Kier molecular flexibility index (Phi) is 2.67. The number of rotatable bonds is 2. The van der Waals surface area contributed by atoms with Gasteiger partial charge in [0.2, 0.25) is 11.8 Å². The first-order chi connectivity index (χ1) is 7.08. The van der Waals surface area contributed by atoms with Crippen molar-refractivity contribution in [2.45, 2.75) is 32.7 Å². The molecule has 15 heavy (non-hydrogen) atoms. The van der Waals surface area contributed by atoms with Gasteiger partial charge in [-0.2, -0.15) is 0 Å². The predicted molar refractivity (Wildman–Crippen MR) is 56.1 cm³/mol. The topological polar surface area (TPSA) is 49.4 Å². The lowest BCUT2D eigenvalue weighted by Crippen LogP contribution is -2.43. The fourth-order valence-corrected chi connectivity index (χ4v) is 2.11. The van der Waals surface area contributed by atoms with Crippen LogP contribution in [0.2, 0.25) is 0 Å². The van der Waals surface area contributed by atoms with E-state index in [1.807, 2.05) is 4.90 Å². The molecule has 2 fully saturated rings. The van der Waals surface area contributed by atoms with Gasteiger partial charge in [0.05, 0.1) is 0 Å². The van der Waals surface area contributed by atoms with Crippen molar-refractivity contribution >= 4 is 11.8 Å². The molecular weight excluding hydrogens is 192 g/mol. The molecule has 1 saturated heterocycles. The highest BCUT2D eigenvalue weighted by molar-refractivity contribution is 5.89. The van der Waals surface area contributed by atoms with Gasteiger partial charge in [-0.15, -0.1) is 0 Å². The summed E-state index contributed by atoms with van der Waals surface area (Å²) in [6, 6.07) is -0.353. The first-order valence-electron chi connectivity index (χ1n) is 5.66. The molecule has 2 rings (SSSR count). The van der Waals surface area contributed by atoms with Gasteiger partial charge in [-0.3, -0.25) is 9.59 Å². The Morgan fingerprint density at radius 1 is 1.40 bits per heavy atom. The van der Waals surface area contributed by atoms with Crippen molar-refractivity contribution in [3.05, 3.63) is 0 Å². The summed E-state index contributed by atoms with van der Waals surface area (Å²) < 4.78 is 0. The van der Waals surface area contributed by atoms with Crippen LogP contribution < -0.4 is 5.32 Å². The van der Waals surface area contributed by atoms with E-state index in [-0.39, 0.29) is 17.9 Å². The first-order valence-corrected chi connectivity index (χ1v) is 5.66. The minimum absolute atomic E-state index is 0.0119. The molecule has 0 spiro atoms. The summed E-state index contributed by atoms with van der Waals surface area (Å²) in [7, 11) is 0. The number of carbonyl (C=O) groups is 2. The molecule has 84 valence electrons. The zero-order valence-corrected chi connectivity index (χ0v) is 9.32. The van der Waals surface area contributed by atoms with Crippen LogP contribution in [0.3, 0.4) is 0 Å². The van der Waals surface area contributed by atoms with Gasteiger partial charge in [0, 0.05) is 19.5 Å². The highest BCUT2D eigenvalue weighted by atomic mass is 16.2. The molecule has 2 aliphatic rings. The van der Waals surface area contributed by atoms with Crippen molar-refractivity contribution in [2.75, 3.05) is 13.1 Å². The average Bonchev–Trinajstić information content (AvgIpc) is 2.88. The van der Waals surface area contributed by atoms with Crippen molar-refractivity contribution in [1.82, 2.24) is 10.2 Å². The Balaban J connectivity index is 1.96. The summed E-state index contributed by atoms with van der Waals surface area (Å²) >= 11 is 0. The van der Waals surface area contributed by atoms with E-state index in [0.717, 1.165) is 12.5 Å². The number of hydrogen-bond donors (Lipinski definition) is 1. The second-order valence-corrected chi connectivity index (χ2v) is 4.80. The molecule has 0 radical (unpaired) electrons. The highest BCUT2D eigenvalue weighted by Gasteiger charge is 2.36. The van der Waals surface area contributed by atoms with E-state index >= 15 is 0 Å². The zero-order chi connectivity index (χ0) is 11.0. The van der Waals surface area contributed by atoms with Gasteiger partial charge >= 0.3 is 0 Å². The lowest BCUT2D eigenvalue weighted by Gasteiger charge is -2.22. The fraction of sp³-hybridized carbons (Fsp3) is 0.818. The Morgan fingerprint density at radius 3 is 2.67 bits per heavy atom. The Labute approximate surface area is 90.0 Å². The van der Waals surface area contributed by atoms with Crippen LogP contribution in [-0.4, -0.2) is 35.8 Å². The second-order valence-electron chi connectivity index (χ2n) is 4.80. The van der Waals surface area contributed by atoms with Crippen molar-refractivity contribution in [3.8, 4) is 0 Å². The Hall–Kier alpha value is -1.06. The molecule has 3 unspecified atom stereocenters. The number of nitrogens with one attached hydrogen (secondary N) is 1. The van der Waals surface area contributed by atoms with E-state index in [2.05, 4.69) is 12.2 Å². The van der Waals surface area contributed by atoms with Crippen LogP contribution in [0.4, 0.5) is 0 Å². The van der Waals surface area contributed by atoms with E-state index in [0.29, 0.717) is 18.9 Å². The van der Waals surface area contributed by atoms with Crippen molar-refractivity contribution in [3.63, 3.8) is 0 Å². The SMILES string of the molecule is CC1NC(=O)CCN(CC2CC2C)C1=O. The molecule has 0 bridgehead atoms. The highest BCUT2D eigenvalue weighted by Crippen LogP contribution is 2.38. The van der Waals surface area contributed by atoms with Crippen molar-refractivity contribution < 1.29 is 9.59 Å². The van der Waals surface area contributed by atoms with Gasteiger partial charge in [-0.05, 0) is 25.2 Å². The number of nitrogens with zero attached hydrogens (tertiary/aromatic N) is 1. The van der Waals surface area contributed by atoms with E-state index in [1.165, 1.54) is 6.42 Å². The van der Waals surface area contributed by atoms with Gasteiger partial charge < -0.3 is 10.2 Å². The van der Waals surface area contributed by atoms with Crippen LogP contribution in [0.1, 0.15) is 26.7 Å². The van der Waals surface area contributed by atoms with Crippen LogP contribution in [-0.2, 0) is 9.59 Å². The largest absolute Gasteiger partial charge is 0.345 e. The smallest absolute Gasteiger partial charge is 0.244 e. The van der Waals surface area contributed by atoms with E-state index in [4.69, 9.17) is 0 Å². The molecule has 0 aromatic rings. The first kappa shape index (κ1) is 10.5. The van der Waals surface area contributed by atoms with Crippen LogP contribution in [0, 0.1) is 11.8 Å². The second kappa shape index (κ2) is 3.83. The van der Waals surface area contributed by atoms with Crippen molar-refractivity contribution in [1.29, 1.82) is 0 Å². The maximum absolute atomic E-state index is 11.9. The van der Waals surface area contributed by atoms with Crippen LogP contribution in [0.15, 0.2) is 0 Å². The van der Waals surface area contributed by atoms with Gasteiger partial charge in [-0.1, -0.05) is 6.92 Å².